The van der Waals surface area contributed by atoms with Crippen molar-refractivity contribution in [1.29, 1.82) is 0 Å². The molecule has 0 saturated heterocycles. The molecule has 0 N–H and O–H groups in total. The van der Waals surface area contributed by atoms with Gasteiger partial charge in [0.2, 0.25) is 0 Å². The van der Waals surface area contributed by atoms with Gasteiger partial charge in [0.05, 0.1) is 0 Å². The molecule has 0 unspecified atom stereocenters. The molecule has 1 nitrogen and oxygen atoms in total. The standard InChI is InChI=1S/C5H14OSi/c1-4-7(5-2)6-3/h7H,4-5H2,1-3H3. The summed E-state index contributed by atoms with van der Waals surface area (Å²) in [7, 11) is 1.15. The van der Waals surface area contributed by atoms with E-state index in [1.807, 2.05) is 7.11 Å². The van der Waals surface area contributed by atoms with Crippen LogP contribution in [-0.2, 0) is 4.43 Å². The quantitative estimate of drug-likeness (QED) is 0.509. The minimum Gasteiger partial charge on any atom is -0.423 e. The van der Waals surface area contributed by atoms with Crippen molar-refractivity contribution in [3.8, 4) is 0 Å². The Bertz CT molecular complexity index is 29.6. The highest BCUT2D eigenvalue weighted by Crippen LogP contribution is 1.95. The van der Waals surface area contributed by atoms with Gasteiger partial charge in [-0.05, 0) is 12.1 Å². The van der Waals surface area contributed by atoms with E-state index < -0.39 is 9.04 Å². The first-order valence-electron chi connectivity index (χ1n) is 2.87. The largest absolute Gasteiger partial charge is 0.423 e. The summed E-state index contributed by atoms with van der Waals surface area (Å²) in [6.45, 7) is 4.40. The second-order valence-corrected chi connectivity index (χ2v) is 5.02. The molecule has 2 heteroatoms. The molecular weight excluding hydrogens is 104 g/mol. The lowest BCUT2D eigenvalue weighted by Gasteiger charge is -2.04. The van der Waals surface area contributed by atoms with Crippen LogP contribution in [0.3, 0.4) is 0 Å². The van der Waals surface area contributed by atoms with Gasteiger partial charge >= 0.3 is 0 Å². The van der Waals surface area contributed by atoms with Crippen LogP contribution in [-0.4, -0.2) is 16.2 Å². The second-order valence-electron chi connectivity index (χ2n) is 1.67. The van der Waals surface area contributed by atoms with E-state index in [1.54, 1.807) is 0 Å². The van der Waals surface area contributed by atoms with E-state index in [0.29, 0.717) is 0 Å². The van der Waals surface area contributed by atoms with Crippen LogP contribution in [0.4, 0.5) is 0 Å². The maximum atomic E-state index is 5.19. The van der Waals surface area contributed by atoms with Crippen LogP contribution < -0.4 is 0 Å². The Kier molecular flexibility index (Phi) is 4.45. The summed E-state index contributed by atoms with van der Waals surface area (Å²) in [4.78, 5) is 0. The molecule has 0 heterocycles. The fourth-order valence-electron chi connectivity index (χ4n) is 0.622. The first-order chi connectivity index (χ1) is 3.35. The van der Waals surface area contributed by atoms with Crippen molar-refractivity contribution < 1.29 is 4.43 Å². The maximum Gasteiger partial charge on any atom is 0.175 e. The molecule has 0 rings (SSSR count). The molecule has 0 aliphatic heterocycles. The molecule has 0 aromatic carbocycles. The highest BCUT2D eigenvalue weighted by Gasteiger charge is 2.00. The van der Waals surface area contributed by atoms with Gasteiger partial charge in [0.1, 0.15) is 0 Å². The molecule has 44 valence electrons. The third-order valence-corrected chi connectivity index (χ3v) is 3.73. The highest BCUT2D eigenvalue weighted by molar-refractivity contribution is 6.51. The topological polar surface area (TPSA) is 9.23 Å². The van der Waals surface area contributed by atoms with Crippen molar-refractivity contribution in [2.24, 2.45) is 0 Å². The van der Waals surface area contributed by atoms with Gasteiger partial charge in [0.15, 0.2) is 9.04 Å². The molecule has 0 radical (unpaired) electrons. The zero-order valence-electron chi connectivity index (χ0n) is 5.40. The molecule has 0 amide bonds. The van der Waals surface area contributed by atoms with Crippen LogP contribution in [0.2, 0.25) is 12.1 Å². The molecule has 0 fully saturated rings. The first-order valence-corrected chi connectivity index (χ1v) is 4.98. The van der Waals surface area contributed by atoms with Crippen LogP contribution >= 0.6 is 0 Å². The molecule has 7 heavy (non-hydrogen) atoms. The molecule has 0 saturated carbocycles. The van der Waals surface area contributed by atoms with Crippen molar-refractivity contribution in [2.45, 2.75) is 25.9 Å². The van der Waals surface area contributed by atoms with E-state index in [2.05, 4.69) is 13.8 Å². The fourth-order valence-corrected chi connectivity index (χ4v) is 1.87. The predicted molar refractivity (Wildman–Crippen MR) is 35.1 cm³/mol. The van der Waals surface area contributed by atoms with Crippen LogP contribution in [0.25, 0.3) is 0 Å². The average molecular weight is 118 g/mol. The van der Waals surface area contributed by atoms with Crippen LogP contribution in [0.1, 0.15) is 13.8 Å². The van der Waals surface area contributed by atoms with Crippen molar-refractivity contribution in [3.63, 3.8) is 0 Å². The Hall–Kier alpha value is 0.177. The van der Waals surface area contributed by atoms with E-state index in [-0.39, 0.29) is 0 Å². The summed E-state index contributed by atoms with van der Waals surface area (Å²) in [5.74, 6) is 0. The van der Waals surface area contributed by atoms with Gasteiger partial charge < -0.3 is 4.43 Å². The Morgan fingerprint density at radius 1 is 1.29 bits per heavy atom. The fraction of sp³-hybridized carbons (Fsp3) is 1.00. The smallest absolute Gasteiger partial charge is 0.175 e. The molecule has 0 aliphatic rings. The van der Waals surface area contributed by atoms with Crippen molar-refractivity contribution in [1.82, 2.24) is 0 Å². The summed E-state index contributed by atoms with van der Waals surface area (Å²) in [5, 5.41) is 0. The number of rotatable bonds is 3. The number of hydrogen-bond acceptors (Lipinski definition) is 1. The molecule has 0 spiro atoms. The van der Waals surface area contributed by atoms with Crippen molar-refractivity contribution >= 4 is 9.04 Å². The summed E-state index contributed by atoms with van der Waals surface area (Å²) >= 11 is 0. The van der Waals surface area contributed by atoms with Gasteiger partial charge in [0, 0.05) is 7.11 Å². The lowest BCUT2D eigenvalue weighted by molar-refractivity contribution is 0.420. The molecular formula is C5H14OSi. The summed E-state index contributed by atoms with van der Waals surface area (Å²) < 4.78 is 5.19. The summed E-state index contributed by atoms with van der Waals surface area (Å²) in [6, 6.07) is 2.54. The highest BCUT2D eigenvalue weighted by atomic mass is 28.3. The third-order valence-electron chi connectivity index (χ3n) is 1.24. The lowest BCUT2D eigenvalue weighted by Crippen LogP contribution is -2.11. The Balaban J connectivity index is 2.99. The Labute approximate surface area is 47.4 Å². The number of hydrogen-bond donors (Lipinski definition) is 0. The maximum absolute atomic E-state index is 5.19. The Morgan fingerprint density at radius 2 is 1.71 bits per heavy atom. The van der Waals surface area contributed by atoms with Crippen LogP contribution in [0.15, 0.2) is 0 Å². The zero-order valence-corrected chi connectivity index (χ0v) is 6.55. The SMILES string of the molecule is CC[SiH](CC)OC. The molecule has 0 atom stereocenters. The molecule has 0 aromatic heterocycles. The van der Waals surface area contributed by atoms with E-state index in [4.69, 9.17) is 4.43 Å². The second kappa shape index (κ2) is 4.34. The lowest BCUT2D eigenvalue weighted by atomic mass is 11.0. The summed E-state index contributed by atoms with van der Waals surface area (Å²) in [6.07, 6.45) is 0. The van der Waals surface area contributed by atoms with Gasteiger partial charge in [-0.1, -0.05) is 13.8 Å². The van der Waals surface area contributed by atoms with E-state index in [0.717, 1.165) is 0 Å². The summed E-state index contributed by atoms with van der Waals surface area (Å²) in [5.41, 5.74) is 0. The monoisotopic (exact) mass is 118 g/mol. The first kappa shape index (κ1) is 7.18. The van der Waals surface area contributed by atoms with Gasteiger partial charge in [-0.15, -0.1) is 0 Å². The predicted octanol–water partition coefficient (Wildman–Crippen LogP) is 1.40. The molecule has 0 aromatic rings. The van der Waals surface area contributed by atoms with Crippen LogP contribution in [0.5, 0.6) is 0 Å². The average Bonchev–Trinajstić information content (AvgIpc) is 1.72. The van der Waals surface area contributed by atoms with Gasteiger partial charge in [-0.2, -0.15) is 0 Å². The van der Waals surface area contributed by atoms with Crippen LogP contribution in [0, 0.1) is 0 Å². The molecule has 0 bridgehead atoms. The molecule has 0 aliphatic carbocycles. The van der Waals surface area contributed by atoms with Gasteiger partial charge in [-0.25, -0.2) is 0 Å². The minimum absolute atomic E-state index is 0.671. The van der Waals surface area contributed by atoms with E-state index >= 15 is 0 Å². The normalized spacial score (nSPS) is 10.3. The van der Waals surface area contributed by atoms with E-state index in [9.17, 15) is 0 Å². The van der Waals surface area contributed by atoms with E-state index in [1.165, 1.54) is 12.1 Å². The van der Waals surface area contributed by atoms with Gasteiger partial charge in [-0.3, -0.25) is 0 Å². The van der Waals surface area contributed by atoms with Crippen molar-refractivity contribution in [3.05, 3.63) is 0 Å². The van der Waals surface area contributed by atoms with Crippen molar-refractivity contribution in [2.75, 3.05) is 7.11 Å². The minimum atomic E-state index is -0.671. The van der Waals surface area contributed by atoms with Gasteiger partial charge in [0.25, 0.3) is 0 Å². The Morgan fingerprint density at radius 3 is 1.71 bits per heavy atom. The zero-order chi connectivity index (χ0) is 5.70. The third kappa shape index (κ3) is 2.82.